The molecule has 1 atom stereocenters. The van der Waals surface area contributed by atoms with Crippen molar-refractivity contribution in [2.45, 2.75) is 18.7 Å². The Morgan fingerprint density at radius 3 is 1.96 bits per heavy atom. The molecule has 2 N–H and O–H groups in total. The second-order valence-corrected chi connectivity index (χ2v) is 6.54. The van der Waals surface area contributed by atoms with E-state index in [2.05, 4.69) is 23.2 Å². The first-order chi connectivity index (χ1) is 10.7. The van der Waals surface area contributed by atoms with Crippen LogP contribution in [0.3, 0.4) is 0 Å². The maximum atomic E-state index is 12.4. The normalized spacial score (nSPS) is 13.2. The predicted molar refractivity (Wildman–Crippen MR) is 91.2 cm³/mol. The highest BCUT2D eigenvalue weighted by Crippen LogP contribution is 2.32. The fraction of sp³-hybridized carbons (Fsp3) is 0.250. The molecule has 1 aromatic carbocycles. The average Bonchev–Trinajstić information content (AvgIpc) is 2.41. The van der Waals surface area contributed by atoms with Crippen molar-refractivity contribution in [2.75, 3.05) is 5.32 Å². The number of amides is 1. The van der Waals surface area contributed by atoms with Crippen molar-refractivity contribution < 1.29 is 32.7 Å². The van der Waals surface area contributed by atoms with Crippen LogP contribution >= 0.6 is 57.4 Å². The van der Waals surface area contributed by atoms with E-state index in [9.17, 15) is 27.6 Å². The van der Waals surface area contributed by atoms with Crippen LogP contribution in [0.15, 0.2) is 18.2 Å². The van der Waals surface area contributed by atoms with Crippen LogP contribution in [0, 0.1) is 3.57 Å². The van der Waals surface area contributed by atoms with Gasteiger partial charge >= 0.3 is 16.7 Å². The number of carbonyl (C=O) groups excluding carboxylic acids is 3. The number of alkyl halides is 3. The highest BCUT2D eigenvalue weighted by atomic mass is 127. The van der Waals surface area contributed by atoms with Crippen molar-refractivity contribution in [1.82, 2.24) is 0 Å². The van der Waals surface area contributed by atoms with Gasteiger partial charge in [-0.2, -0.15) is 13.2 Å². The molecular formula is C12H8Cl3F3INO4. The maximum absolute atomic E-state index is 12.4. The number of halogens is 7. The molecule has 12 heteroatoms. The van der Waals surface area contributed by atoms with E-state index in [0.29, 0.717) is 6.92 Å². The molecule has 0 saturated carbocycles. The monoisotopic (exact) mass is 519 g/mol. The third-order valence-corrected chi connectivity index (χ3v) is 3.75. The fourth-order valence-electron chi connectivity index (χ4n) is 0.964. The van der Waals surface area contributed by atoms with Gasteiger partial charge in [-0.3, -0.25) is 14.4 Å². The highest BCUT2D eigenvalue weighted by molar-refractivity contribution is 14.1. The zero-order valence-corrected chi connectivity index (χ0v) is 16.0. The van der Waals surface area contributed by atoms with Crippen LogP contribution in [0.4, 0.5) is 18.9 Å². The predicted octanol–water partition coefficient (Wildman–Crippen LogP) is 3.71. The molecule has 0 radical (unpaired) electrons. The molecule has 0 heterocycles. The van der Waals surface area contributed by atoms with Gasteiger partial charge in [-0.25, -0.2) is 0 Å². The van der Waals surface area contributed by atoms with Crippen molar-refractivity contribution in [3.8, 4) is 0 Å². The number of rotatable bonds is 3. The van der Waals surface area contributed by atoms with Gasteiger partial charge in [0, 0.05) is 3.57 Å². The van der Waals surface area contributed by atoms with Crippen molar-refractivity contribution in [1.29, 1.82) is 0 Å². The molecule has 0 fully saturated rings. The average molecular weight is 520 g/mol. The van der Waals surface area contributed by atoms with Gasteiger partial charge in [-0.1, -0.05) is 11.6 Å². The lowest BCUT2D eigenvalue weighted by molar-refractivity contribution is -0.242. The number of anilines is 1. The molecule has 134 valence electrons. The van der Waals surface area contributed by atoms with Crippen molar-refractivity contribution in [3.05, 3.63) is 26.8 Å². The number of carbonyl (C=O) groups is 3. The molecule has 1 aromatic rings. The molecule has 0 aliphatic carbocycles. The number of aliphatic hydroxyl groups is 1. The lowest BCUT2D eigenvalue weighted by atomic mass is 10.1. The molecular weight excluding hydrogens is 512 g/mol. The number of hydrogen-bond acceptors (Lipinski definition) is 4. The Bertz CT molecular complexity index is 641. The summed E-state index contributed by atoms with van der Waals surface area (Å²) in [5.74, 6) is -1.59. The quantitative estimate of drug-likeness (QED) is 0.362. The summed E-state index contributed by atoms with van der Waals surface area (Å²) in [5, 5.41) is 8.89. The zero-order valence-electron chi connectivity index (χ0n) is 11.5. The minimum absolute atomic E-state index is 0.00612. The Hall–Kier alpha value is -0.620. The third kappa shape index (κ3) is 7.09. The summed E-state index contributed by atoms with van der Waals surface area (Å²) in [6.45, 7) is 0.378. The standard InChI is InChI=1S/C10H8ClF3INO2.C2Cl2O2/c1-9(18,10(12,13)14)8(17)16-7-3-2-5(15)4-6(7)11;3-1(5)2(4)6/h2-4,18H,1H3,(H,16,17);/t9-;/m1./s1. The summed E-state index contributed by atoms with van der Waals surface area (Å²) < 4.78 is 38.0. The molecule has 0 aliphatic rings. The molecule has 1 rings (SSSR count). The van der Waals surface area contributed by atoms with Gasteiger partial charge in [-0.05, 0) is 70.9 Å². The van der Waals surface area contributed by atoms with E-state index in [4.69, 9.17) is 16.7 Å². The molecule has 0 spiro atoms. The van der Waals surface area contributed by atoms with E-state index in [0.717, 1.165) is 3.57 Å². The largest absolute Gasteiger partial charge is 0.426 e. The van der Waals surface area contributed by atoms with E-state index in [-0.39, 0.29) is 10.7 Å². The molecule has 0 bridgehead atoms. The van der Waals surface area contributed by atoms with Crippen LogP contribution in [-0.4, -0.2) is 33.3 Å². The minimum Gasteiger partial charge on any atom is -0.373 e. The van der Waals surface area contributed by atoms with Crippen LogP contribution < -0.4 is 5.32 Å². The molecule has 0 saturated heterocycles. The first kappa shape index (κ1) is 23.4. The summed E-state index contributed by atoms with van der Waals surface area (Å²) in [6.07, 6.45) is -5.06. The first-order valence-electron chi connectivity index (χ1n) is 5.65. The molecule has 0 aliphatic heterocycles. The molecule has 0 unspecified atom stereocenters. The van der Waals surface area contributed by atoms with E-state index in [1.807, 2.05) is 27.9 Å². The molecule has 24 heavy (non-hydrogen) atoms. The van der Waals surface area contributed by atoms with Gasteiger partial charge in [0.25, 0.3) is 5.91 Å². The van der Waals surface area contributed by atoms with Crippen molar-refractivity contribution in [3.63, 3.8) is 0 Å². The number of nitrogens with one attached hydrogen (secondary N) is 1. The van der Waals surface area contributed by atoms with Crippen molar-refractivity contribution in [2.24, 2.45) is 0 Å². The van der Waals surface area contributed by atoms with E-state index in [1.54, 1.807) is 6.07 Å². The van der Waals surface area contributed by atoms with Gasteiger partial charge in [0.1, 0.15) is 0 Å². The zero-order chi connectivity index (χ0) is 19.3. The lowest BCUT2D eigenvalue weighted by Gasteiger charge is -2.25. The van der Waals surface area contributed by atoms with Crippen LogP contribution in [0.25, 0.3) is 0 Å². The summed E-state index contributed by atoms with van der Waals surface area (Å²) in [5.41, 5.74) is -3.47. The number of hydrogen-bond donors (Lipinski definition) is 2. The van der Waals surface area contributed by atoms with Gasteiger partial charge in [-0.15, -0.1) is 0 Å². The van der Waals surface area contributed by atoms with Gasteiger partial charge in [0.15, 0.2) is 0 Å². The van der Waals surface area contributed by atoms with Crippen LogP contribution in [0.5, 0.6) is 0 Å². The lowest BCUT2D eigenvalue weighted by Crippen LogP contribution is -2.52. The second-order valence-electron chi connectivity index (χ2n) is 4.20. The Balaban J connectivity index is 0.000000754. The Labute approximate surface area is 162 Å². The third-order valence-electron chi connectivity index (χ3n) is 2.33. The van der Waals surface area contributed by atoms with Crippen LogP contribution in [0.1, 0.15) is 6.92 Å². The van der Waals surface area contributed by atoms with Gasteiger partial charge in [0.05, 0.1) is 10.7 Å². The van der Waals surface area contributed by atoms with Crippen molar-refractivity contribution >= 4 is 79.5 Å². The summed E-state index contributed by atoms with van der Waals surface area (Å²) >= 11 is 16.7. The minimum atomic E-state index is -5.06. The van der Waals surface area contributed by atoms with Gasteiger partial charge < -0.3 is 10.4 Å². The topological polar surface area (TPSA) is 83.5 Å². The Morgan fingerprint density at radius 1 is 1.17 bits per heavy atom. The number of benzene rings is 1. The van der Waals surface area contributed by atoms with E-state index in [1.165, 1.54) is 12.1 Å². The smallest absolute Gasteiger partial charge is 0.373 e. The van der Waals surface area contributed by atoms with E-state index < -0.39 is 28.2 Å². The highest BCUT2D eigenvalue weighted by Gasteiger charge is 2.55. The second kappa shape index (κ2) is 9.18. The Morgan fingerprint density at radius 2 is 1.62 bits per heavy atom. The summed E-state index contributed by atoms with van der Waals surface area (Å²) in [6, 6.07) is 4.39. The van der Waals surface area contributed by atoms with Gasteiger partial charge in [0.2, 0.25) is 5.60 Å². The summed E-state index contributed by atoms with van der Waals surface area (Å²) in [4.78, 5) is 30.2. The van der Waals surface area contributed by atoms with Crippen LogP contribution in [0.2, 0.25) is 5.02 Å². The molecule has 0 aromatic heterocycles. The van der Waals surface area contributed by atoms with E-state index >= 15 is 0 Å². The first-order valence-corrected chi connectivity index (χ1v) is 7.86. The van der Waals surface area contributed by atoms with Crippen LogP contribution in [-0.2, 0) is 14.4 Å². The molecule has 1 amide bonds. The fourth-order valence-corrected chi connectivity index (χ4v) is 1.87. The summed E-state index contributed by atoms with van der Waals surface area (Å²) in [7, 11) is 0. The Kier molecular flexibility index (Phi) is 8.94. The SMILES string of the molecule is C[C@@](O)(C(=O)Nc1ccc(I)cc1Cl)C(F)(F)F.O=C(Cl)C(=O)Cl. The molecule has 5 nitrogen and oxygen atoms in total. The maximum Gasteiger partial charge on any atom is 0.426 e.